The molecule has 0 aromatic heterocycles. The molecular formula is C15H19NO2. The highest BCUT2D eigenvalue weighted by molar-refractivity contribution is 5.94. The van der Waals surface area contributed by atoms with Crippen molar-refractivity contribution in [1.29, 1.82) is 0 Å². The molecule has 0 heterocycles. The summed E-state index contributed by atoms with van der Waals surface area (Å²) in [6.07, 6.45) is -0.583. The zero-order chi connectivity index (χ0) is 13.6. The number of carbonyl (C=O) groups is 1. The van der Waals surface area contributed by atoms with Gasteiger partial charge in [0.1, 0.15) is 0 Å². The molecular weight excluding hydrogens is 226 g/mol. The first-order valence-electron chi connectivity index (χ1n) is 5.92. The van der Waals surface area contributed by atoms with Gasteiger partial charge in [0.25, 0.3) is 5.91 Å². The van der Waals surface area contributed by atoms with Gasteiger partial charge in [-0.2, -0.15) is 0 Å². The SMILES string of the molecule is CC(C)(C)C(O)CNC(=O)C#Cc1ccccc1. The van der Waals surface area contributed by atoms with Crippen molar-refractivity contribution in [3.05, 3.63) is 35.9 Å². The van der Waals surface area contributed by atoms with E-state index in [4.69, 9.17) is 0 Å². The third-order valence-corrected chi connectivity index (χ3v) is 2.55. The van der Waals surface area contributed by atoms with E-state index in [0.29, 0.717) is 0 Å². The molecule has 0 saturated carbocycles. The Kier molecular flexibility index (Phi) is 4.94. The first kappa shape index (κ1) is 14.3. The number of aliphatic hydroxyl groups excluding tert-OH is 1. The lowest BCUT2D eigenvalue weighted by molar-refractivity contribution is -0.116. The molecule has 18 heavy (non-hydrogen) atoms. The van der Waals surface area contributed by atoms with Gasteiger partial charge in [0, 0.05) is 18.0 Å². The molecule has 0 aliphatic carbocycles. The minimum absolute atomic E-state index is 0.214. The number of benzene rings is 1. The van der Waals surface area contributed by atoms with Crippen LogP contribution < -0.4 is 5.32 Å². The van der Waals surface area contributed by atoms with Gasteiger partial charge in [0.05, 0.1) is 6.10 Å². The van der Waals surface area contributed by atoms with Gasteiger partial charge in [-0.05, 0) is 17.5 Å². The van der Waals surface area contributed by atoms with E-state index in [1.165, 1.54) is 0 Å². The van der Waals surface area contributed by atoms with Crippen LogP contribution in [0.4, 0.5) is 0 Å². The minimum Gasteiger partial charge on any atom is -0.391 e. The number of carbonyl (C=O) groups excluding carboxylic acids is 1. The summed E-state index contributed by atoms with van der Waals surface area (Å²) in [5.74, 6) is 4.88. The van der Waals surface area contributed by atoms with E-state index in [1.54, 1.807) is 0 Å². The summed E-state index contributed by atoms with van der Waals surface area (Å²) in [4.78, 5) is 11.5. The maximum absolute atomic E-state index is 11.5. The minimum atomic E-state index is -0.583. The zero-order valence-electron chi connectivity index (χ0n) is 11.0. The summed E-state index contributed by atoms with van der Waals surface area (Å²) in [6, 6.07) is 9.30. The third kappa shape index (κ3) is 5.03. The molecule has 1 rings (SSSR count). The topological polar surface area (TPSA) is 49.3 Å². The molecule has 1 aromatic rings. The van der Waals surface area contributed by atoms with E-state index >= 15 is 0 Å². The zero-order valence-corrected chi connectivity index (χ0v) is 11.0. The number of nitrogens with one attached hydrogen (secondary N) is 1. The molecule has 0 radical (unpaired) electrons. The Morgan fingerprint density at radius 3 is 2.50 bits per heavy atom. The van der Waals surface area contributed by atoms with E-state index in [2.05, 4.69) is 17.2 Å². The van der Waals surface area contributed by atoms with Crippen LogP contribution in [0.1, 0.15) is 26.3 Å². The highest BCUT2D eigenvalue weighted by Gasteiger charge is 2.21. The first-order valence-corrected chi connectivity index (χ1v) is 5.92. The van der Waals surface area contributed by atoms with E-state index in [9.17, 15) is 9.90 Å². The molecule has 0 aliphatic rings. The monoisotopic (exact) mass is 245 g/mol. The Bertz CT molecular complexity index is 449. The Hall–Kier alpha value is -1.79. The van der Waals surface area contributed by atoms with E-state index in [-0.39, 0.29) is 17.9 Å². The lowest BCUT2D eigenvalue weighted by Crippen LogP contribution is -2.38. The normalized spacial score (nSPS) is 12.2. The predicted molar refractivity (Wildman–Crippen MR) is 71.8 cm³/mol. The highest BCUT2D eigenvalue weighted by atomic mass is 16.3. The van der Waals surface area contributed by atoms with Crippen molar-refractivity contribution >= 4 is 5.91 Å². The van der Waals surface area contributed by atoms with Crippen LogP contribution in [0.3, 0.4) is 0 Å². The Balaban J connectivity index is 2.47. The second-order valence-electron chi connectivity index (χ2n) is 5.21. The fourth-order valence-corrected chi connectivity index (χ4v) is 1.19. The number of hydrogen-bond donors (Lipinski definition) is 2. The quantitative estimate of drug-likeness (QED) is 0.777. The third-order valence-electron chi connectivity index (χ3n) is 2.55. The largest absolute Gasteiger partial charge is 0.391 e. The van der Waals surface area contributed by atoms with Crippen LogP contribution in [-0.2, 0) is 4.79 Å². The maximum atomic E-state index is 11.5. The van der Waals surface area contributed by atoms with Crippen LogP contribution in [-0.4, -0.2) is 23.7 Å². The average Bonchev–Trinajstić information content (AvgIpc) is 2.33. The summed E-state index contributed by atoms with van der Waals surface area (Å²) in [6.45, 7) is 5.96. The van der Waals surface area contributed by atoms with Crippen LogP contribution in [0.15, 0.2) is 30.3 Å². The lowest BCUT2D eigenvalue weighted by atomic mass is 9.89. The van der Waals surface area contributed by atoms with E-state index in [1.807, 2.05) is 51.1 Å². The summed E-state index contributed by atoms with van der Waals surface area (Å²) in [5, 5.41) is 12.4. The second kappa shape index (κ2) is 6.23. The molecule has 0 spiro atoms. The average molecular weight is 245 g/mol. The van der Waals surface area contributed by atoms with Gasteiger partial charge in [-0.15, -0.1) is 0 Å². The van der Waals surface area contributed by atoms with E-state index < -0.39 is 6.10 Å². The van der Waals surface area contributed by atoms with Crippen molar-refractivity contribution in [3.63, 3.8) is 0 Å². The second-order valence-corrected chi connectivity index (χ2v) is 5.21. The number of aliphatic hydroxyl groups is 1. The van der Waals surface area contributed by atoms with Crippen molar-refractivity contribution in [2.24, 2.45) is 5.41 Å². The Labute approximate surface area is 108 Å². The summed E-state index contributed by atoms with van der Waals surface area (Å²) in [7, 11) is 0. The van der Waals surface area contributed by atoms with Gasteiger partial charge >= 0.3 is 0 Å². The van der Waals surface area contributed by atoms with Gasteiger partial charge in [0.2, 0.25) is 0 Å². The van der Waals surface area contributed by atoms with Crippen molar-refractivity contribution in [2.45, 2.75) is 26.9 Å². The fourth-order valence-electron chi connectivity index (χ4n) is 1.19. The van der Waals surface area contributed by atoms with Gasteiger partial charge in [-0.1, -0.05) is 44.9 Å². The van der Waals surface area contributed by atoms with Crippen molar-refractivity contribution in [3.8, 4) is 11.8 Å². The molecule has 2 N–H and O–H groups in total. The van der Waals surface area contributed by atoms with E-state index in [0.717, 1.165) is 5.56 Å². The highest BCUT2D eigenvalue weighted by Crippen LogP contribution is 2.17. The molecule has 1 amide bonds. The van der Waals surface area contributed by atoms with Crippen molar-refractivity contribution < 1.29 is 9.90 Å². The van der Waals surface area contributed by atoms with Crippen LogP contribution in [0, 0.1) is 17.3 Å². The van der Waals surface area contributed by atoms with Gasteiger partial charge in [0.15, 0.2) is 0 Å². The summed E-state index contributed by atoms with van der Waals surface area (Å²) < 4.78 is 0. The molecule has 1 aromatic carbocycles. The lowest BCUT2D eigenvalue weighted by Gasteiger charge is -2.25. The summed E-state index contributed by atoms with van der Waals surface area (Å²) in [5.41, 5.74) is 0.546. The molecule has 0 saturated heterocycles. The number of rotatable bonds is 2. The van der Waals surface area contributed by atoms with Crippen LogP contribution in [0.25, 0.3) is 0 Å². The van der Waals surface area contributed by atoms with Gasteiger partial charge in [-0.3, -0.25) is 4.79 Å². The van der Waals surface area contributed by atoms with Crippen molar-refractivity contribution in [2.75, 3.05) is 6.54 Å². The van der Waals surface area contributed by atoms with Crippen LogP contribution in [0.2, 0.25) is 0 Å². The smallest absolute Gasteiger partial charge is 0.296 e. The van der Waals surface area contributed by atoms with Gasteiger partial charge in [-0.25, -0.2) is 0 Å². The molecule has 3 heteroatoms. The molecule has 1 unspecified atom stereocenters. The summed E-state index contributed by atoms with van der Waals surface area (Å²) >= 11 is 0. The Morgan fingerprint density at radius 2 is 1.94 bits per heavy atom. The van der Waals surface area contributed by atoms with Crippen LogP contribution in [0.5, 0.6) is 0 Å². The molecule has 0 bridgehead atoms. The molecule has 0 fully saturated rings. The standard InChI is InChI=1S/C15H19NO2/c1-15(2,3)13(17)11-16-14(18)10-9-12-7-5-4-6-8-12/h4-8,13,17H,11H2,1-3H3,(H,16,18). The van der Waals surface area contributed by atoms with Crippen LogP contribution >= 0.6 is 0 Å². The maximum Gasteiger partial charge on any atom is 0.296 e. The van der Waals surface area contributed by atoms with Gasteiger partial charge < -0.3 is 10.4 Å². The fraction of sp³-hybridized carbons (Fsp3) is 0.400. The first-order chi connectivity index (χ1) is 8.39. The van der Waals surface area contributed by atoms with Crippen molar-refractivity contribution in [1.82, 2.24) is 5.32 Å². The molecule has 96 valence electrons. The predicted octanol–water partition coefficient (Wildman–Crippen LogP) is 1.56. The number of amides is 1. The molecule has 0 aliphatic heterocycles. The number of hydrogen-bond acceptors (Lipinski definition) is 2. The Morgan fingerprint density at radius 1 is 1.33 bits per heavy atom. The molecule has 3 nitrogen and oxygen atoms in total. The molecule has 1 atom stereocenters.